The fourth-order valence-electron chi connectivity index (χ4n) is 2.94. The third kappa shape index (κ3) is 3.85. The van der Waals surface area contributed by atoms with Gasteiger partial charge in [0.1, 0.15) is 5.60 Å². The minimum atomic E-state index is -0.405. The molecule has 0 unspecified atom stereocenters. The molecule has 2 saturated heterocycles. The molecule has 0 aromatic rings. The molecule has 0 aromatic heterocycles. The summed E-state index contributed by atoms with van der Waals surface area (Å²) in [6, 6.07) is 1.10. The molecule has 0 bridgehead atoms. The second kappa shape index (κ2) is 5.90. The van der Waals surface area contributed by atoms with Gasteiger partial charge in [-0.2, -0.15) is 0 Å². The Balaban J connectivity index is 1.85. The molecule has 0 N–H and O–H groups in total. The second-order valence-corrected chi connectivity index (χ2v) is 7.19. The van der Waals surface area contributed by atoms with Gasteiger partial charge in [-0.25, -0.2) is 4.79 Å². The van der Waals surface area contributed by atoms with Crippen molar-refractivity contribution in [3.05, 3.63) is 0 Å². The van der Waals surface area contributed by atoms with Gasteiger partial charge in [0.2, 0.25) is 0 Å². The number of likely N-dealkylation sites (tertiary alicyclic amines) is 1. The Morgan fingerprint density at radius 2 is 1.85 bits per heavy atom. The van der Waals surface area contributed by atoms with Crippen molar-refractivity contribution in [3.63, 3.8) is 0 Å². The van der Waals surface area contributed by atoms with Crippen LogP contribution in [0.5, 0.6) is 0 Å². The highest BCUT2D eigenvalue weighted by atomic mass is 16.6. The second-order valence-electron chi connectivity index (χ2n) is 7.19. The first-order chi connectivity index (χ1) is 9.26. The van der Waals surface area contributed by atoms with E-state index in [0.29, 0.717) is 12.1 Å². The van der Waals surface area contributed by atoms with Crippen LogP contribution in [0.15, 0.2) is 0 Å². The van der Waals surface area contributed by atoms with Crippen molar-refractivity contribution in [2.24, 2.45) is 0 Å². The highest BCUT2D eigenvalue weighted by Crippen LogP contribution is 2.21. The van der Waals surface area contributed by atoms with Crippen molar-refractivity contribution >= 4 is 6.09 Å². The molecular weight excluding hydrogens is 254 g/mol. The lowest BCUT2D eigenvalue weighted by Crippen LogP contribution is -2.54. The molecule has 5 nitrogen and oxygen atoms in total. The van der Waals surface area contributed by atoms with Crippen LogP contribution in [0.25, 0.3) is 0 Å². The van der Waals surface area contributed by atoms with Gasteiger partial charge in [-0.05, 0) is 41.2 Å². The largest absolute Gasteiger partial charge is 0.444 e. The average Bonchev–Trinajstić information content (AvgIpc) is 2.80. The molecule has 0 aliphatic carbocycles. The maximum atomic E-state index is 12.1. The van der Waals surface area contributed by atoms with E-state index in [-0.39, 0.29) is 6.09 Å². The first-order valence-electron chi connectivity index (χ1n) is 7.68. The summed E-state index contributed by atoms with van der Waals surface area (Å²) in [6.45, 7) is 13.0. The number of carbonyl (C=O) groups is 1. The molecule has 2 heterocycles. The van der Waals surface area contributed by atoms with E-state index >= 15 is 0 Å². The number of hydrogen-bond donors (Lipinski definition) is 0. The minimum Gasteiger partial charge on any atom is -0.444 e. The summed E-state index contributed by atoms with van der Waals surface area (Å²) in [5, 5.41) is 0. The maximum Gasteiger partial charge on any atom is 0.410 e. The molecule has 20 heavy (non-hydrogen) atoms. The zero-order valence-electron chi connectivity index (χ0n) is 13.6. The van der Waals surface area contributed by atoms with Crippen LogP contribution in [0.1, 0.15) is 34.1 Å². The number of hydrogen-bond acceptors (Lipinski definition) is 4. The Labute approximate surface area is 122 Å². The molecule has 5 heteroatoms. The van der Waals surface area contributed by atoms with E-state index in [1.807, 2.05) is 25.7 Å². The summed E-state index contributed by atoms with van der Waals surface area (Å²) in [5.41, 5.74) is -0.405. The number of ether oxygens (including phenoxy) is 1. The van der Waals surface area contributed by atoms with E-state index in [9.17, 15) is 4.79 Å². The predicted octanol–water partition coefficient (Wildman–Crippen LogP) is 1.63. The SMILES string of the molecule is C[C@@H]1CN([C@@H]2CCN(C(=O)OC(C)(C)C)C2)CCN1C. The Bertz CT molecular complexity index is 354. The summed E-state index contributed by atoms with van der Waals surface area (Å²) < 4.78 is 5.46. The van der Waals surface area contributed by atoms with Crippen molar-refractivity contribution in [1.82, 2.24) is 14.7 Å². The van der Waals surface area contributed by atoms with Crippen molar-refractivity contribution < 1.29 is 9.53 Å². The number of rotatable bonds is 1. The molecule has 2 fully saturated rings. The van der Waals surface area contributed by atoms with Gasteiger partial charge in [0.05, 0.1) is 0 Å². The topological polar surface area (TPSA) is 36.0 Å². The normalized spacial score (nSPS) is 29.8. The molecule has 1 amide bonds. The van der Waals surface area contributed by atoms with Crippen LogP contribution in [0.2, 0.25) is 0 Å². The Morgan fingerprint density at radius 3 is 2.45 bits per heavy atom. The van der Waals surface area contributed by atoms with Crippen molar-refractivity contribution in [3.8, 4) is 0 Å². The summed E-state index contributed by atoms with van der Waals surface area (Å²) in [4.78, 5) is 18.9. The minimum absolute atomic E-state index is 0.165. The van der Waals surface area contributed by atoms with Crippen LogP contribution in [-0.2, 0) is 4.74 Å². The maximum absolute atomic E-state index is 12.1. The highest BCUT2D eigenvalue weighted by Gasteiger charge is 2.34. The number of carbonyl (C=O) groups excluding carboxylic acids is 1. The van der Waals surface area contributed by atoms with Crippen LogP contribution in [-0.4, -0.2) is 78.2 Å². The van der Waals surface area contributed by atoms with Gasteiger partial charge in [0, 0.05) is 44.8 Å². The molecule has 2 atom stereocenters. The monoisotopic (exact) mass is 283 g/mol. The van der Waals surface area contributed by atoms with E-state index in [1.54, 1.807) is 0 Å². The van der Waals surface area contributed by atoms with Gasteiger partial charge in [0.25, 0.3) is 0 Å². The fraction of sp³-hybridized carbons (Fsp3) is 0.933. The van der Waals surface area contributed by atoms with E-state index in [0.717, 1.165) is 39.1 Å². The average molecular weight is 283 g/mol. The first kappa shape index (κ1) is 15.6. The zero-order valence-corrected chi connectivity index (χ0v) is 13.6. The van der Waals surface area contributed by atoms with Crippen LogP contribution >= 0.6 is 0 Å². The van der Waals surface area contributed by atoms with Crippen LogP contribution in [0.3, 0.4) is 0 Å². The lowest BCUT2D eigenvalue weighted by Gasteiger charge is -2.40. The standard InChI is InChI=1S/C15H29N3O2/c1-12-10-17(9-8-16(12)5)13-6-7-18(11-13)14(19)20-15(2,3)4/h12-13H,6-11H2,1-5H3/t12-,13-/m1/s1. The predicted molar refractivity (Wildman–Crippen MR) is 79.9 cm³/mol. The molecule has 0 aromatic carbocycles. The van der Waals surface area contributed by atoms with Gasteiger partial charge in [-0.1, -0.05) is 0 Å². The lowest BCUT2D eigenvalue weighted by molar-refractivity contribution is 0.0261. The van der Waals surface area contributed by atoms with Crippen molar-refractivity contribution in [2.45, 2.75) is 51.8 Å². The van der Waals surface area contributed by atoms with E-state index < -0.39 is 5.60 Å². The summed E-state index contributed by atoms with van der Waals surface area (Å²) in [5.74, 6) is 0. The molecule has 0 radical (unpaired) electrons. The van der Waals surface area contributed by atoms with Gasteiger partial charge in [-0.15, -0.1) is 0 Å². The molecule has 0 spiro atoms. The Morgan fingerprint density at radius 1 is 1.15 bits per heavy atom. The van der Waals surface area contributed by atoms with Gasteiger partial charge < -0.3 is 14.5 Å². The zero-order chi connectivity index (χ0) is 14.9. The van der Waals surface area contributed by atoms with E-state index in [4.69, 9.17) is 4.74 Å². The Kier molecular flexibility index (Phi) is 4.59. The quantitative estimate of drug-likeness (QED) is 0.733. The molecule has 116 valence electrons. The van der Waals surface area contributed by atoms with Gasteiger partial charge in [0.15, 0.2) is 0 Å². The van der Waals surface area contributed by atoms with Crippen LogP contribution < -0.4 is 0 Å². The van der Waals surface area contributed by atoms with Crippen molar-refractivity contribution in [2.75, 3.05) is 39.8 Å². The van der Waals surface area contributed by atoms with Gasteiger partial charge >= 0.3 is 6.09 Å². The molecular formula is C15H29N3O2. The van der Waals surface area contributed by atoms with Gasteiger partial charge in [-0.3, -0.25) is 4.90 Å². The van der Waals surface area contributed by atoms with E-state index in [1.165, 1.54) is 0 Å². The smallest absolute Gasteiger partial charge is 0.410 e. The fourth-order valence-corrected chi connectivity index (χ4v) is 2.94. The molecule has 2 aliphatic rings. The lowest BCUT2D eigenvalue weighted by atomic mass is 10.1. The summed E-state index contributed by atoms with van der Waals surface area (Å²) in [6.07, 6.45) is 0.901. The molecule has 0 saturated carbocycles. The number of nitrogens with zero attached hydrogens (tertiary/aromatic N) is 3. The number of piperazine rings is 1. The third-order valence-corrected chi connectivity index (χ3v) is 4.32. The van der Waals surface area contributed by atoms with E-state index in [2.05, 4.69) is 23.8 Å². The van der Waals surface area contributed by atoms with Crippen LogP contribution in [0, 0.1) is 0 Å². The Hall–Kier alpha value is -0.810. The molecule has 2 rings (SSSR count). The third-order valence-electron chi connectivity index (χ3n) is 4.32. The van der Waals surface area contributed by atoms with Crippen molar-refractivity contribution in [1.29, 1.82) is 0 Å². The number of amides is 1. The summed E-state index contributed by atoms with van der Waals surface area (Å²) in [7, 11) is 2.18. The molecule has 2 aliphatic heterocycles. The van der Waals surface area contributed by atoms with Crippen LogP contribution in [0.4, 0.5) is 4.79 Å². The highest BCUT2D eigenvalue weighted by molar-refractivity contribution is 5.68. The summed E-state index contributed by atoms with van der Waals surface area (Å²) >= 11 is 0. The number of likely N-dealkylation sites (N-methyl/N-ethyl adjacent to an activating group) is 1. The first-order valence-corrected chi connectivity index (χ1v) is 7.68.